The molecule has 2 aromatic heterocycles. The predicted molar refractivity (Wildman–Crippen MR) is 129 cm³/mol. The number of aliphatic hydroxyl groups is 3. The van der Waals surface area contributed by atoms with Crippen LogP contribution in [0.3, 0.4) is 0 Å². The summed E-state index contributed by atoms with van der Waals surface area (Å²) in [5, 5.41) is 30.4. The first kappa shape index (κ1) is 25.8. The molecule has 1 atom stereocenters. The van der Waals surface area contributed by atoms with Gasteiger partial charge in [-0.3, -0.25) is 9.59 Å². The Balaban J connectivity index is 1.43. The fourth-order valence-electron chi connectivity index (χ4n) is 3.46. The first-order valence-corrected chi connectivity index (χ1v) is 12.1. The predicted octanol–water partition coefficient (Wildman–Crippen LogP) is 2.52. The number of halogens is 1. The highest BCUT2D eigenvalue weighted by Gasteiger charge is 2.32. The highest BCUT2D eigenvalue weighted by molar-refractivity contribution is 7.06. The third-order valence-electron chi connectivity index (χ3n) is 5.98. The summed E-state index contributed by atoms with van der Waals surface area (Å²) in [4.78, 5) is 29.5. The summed E-state index contributed by atoms with van der Waals surface area (Å²) in [6.45, 7) is -0.311. The Labute approximate surface area is 210 Å². The number of benzene rings is 1. The van der Waals surface area contributed by atoms with E-state index in [0.29, 0.717) is 22.7 Å². The lowest BCUT2D eigenvalue weighted by atomic mass is 10.0. The van der Waals surface area contributed by atoms with Crippen molar-refractivity contribution < 1.29 is 34.0 Å². The van der Waals surface area contributed by atoms with E-state index < -0.39 is 37.1 Å². The largest absolute Gasteiger partial charge is 0.484 e. The number of nitrogens with one attached hydrogen (secondary N) is 1. The van der Waals surface area contributed by atoms with Crippen molar-refractivity contribution >= 4 is 23.2 Å². The molecular weight excluding hydrogens is 489 g/mol. The van der Waals surface area contributed by atoms with Crippen molar-refractivity contribution in [2.75, 3.05) is 19.8 Å². The summed E-state index contributed by atoms with van der Waals surface area (Å²) in [6.07, 6.45) is 2.98. The number of carbonyl (C=O) groups excluding carboxylic acids is 2. The van der Waals surface area contributed by atoms with Crippen LogP contribution < -0.4 is 10.1 Å². The number of amides is 1. The molecule has 0 unspecified atom stereocenters. The van der Waals surface area contributed by atoms with E-state index in [-0.39, 0.29) is 23.4 Å². The first-order valence-electron chi connectivity index (χ1n) is 11.4. The topological polar surface area (TPSA) is 142 Å². The van der Waals surface area contributed by atoms with Gasteiger partial charge in [-0.25, -0.2) is 9.37 Å². The number of ketones is 1. The van der Waals surface area contributed by atoms with Gasteiger partial charge < -0.3 is 25.4 Å². The molecule has 3 aromatic rings. The third kappa shape index (κ3) is 5.59. The molecule has 0 aliphatic heterocycles. The van der Waals surface area contributed by atoms with Crippen LogP contribution in [0, 0.1) is 11.7 Å². The van der Waals surface area contributed by atoms with Crippen LogP contribution in [0.25, 0.3) is 11.3 Å². The number of ether oxygens (including phenoxy) is 1. The molecule has 11 heteroatoms. The Morgan fingerprint density at radius 2 is 1.89 bits per heavy atom. The summed E-state index contributed by atoms with van der Waals surface area (Å²) in [5.74, 6) is -1.03. The van der Waals surface area contributed by atoms with Gasteiger partial charge in [0.15, 0.2) is 5.78 Å². The summed E-state index contributed by atoms with van der Waals surface area (Å²) in [5.41, 5.74) is -0.588. The quantitative estimate of drug-likeness (QED) is 0.286. The summed E-state index contributed by atoms with van der Waals surface area (Å²) in [7, 11) is 0. The van der Waals surface area contributed by atoms with Gasteiger partial charge in [-0.05, 0) is 61.6 Å². The summed E-state index contributed by atoms with van der Waals surface area (Å²) < 4.78 is 25.0. The molecule has 2 heterocycles. The Morgan fingerprint density at radius 1 is 1.17 bits per heavy atom. The lowest BCUT2D eigenvalue weighted by Gasteiger charge is -2.28. The maximum Gasteiger partial charge on any atom is 0.254 e. The number of hydrogen-bond acceptors (Lipinski definition) is 9. The standard InChI is InChI=1S/C25H26FN3O6S/c1-14(35-17-5-7-20(27-10-17)23(33)15-2-3-15)22-9-21(29-36-22)16-4-6-18(19(26)8-16)24(34)28-25(11-30,12-31)13-32/h4-10,14-15,30-32H,2-3,11-13H2,1H3,(H,28,34)/t14-/m1/s1. The molecule has 36 heavy (non-hydrogen) atoms. The molecule has 0 bridgehead atoms. The number of pyridine rings is 1. The summed E-state index contributed by atoms with van der Waals surface area (Å²) in [6, 6.07) is 9.09. The molecule has 190 valence electrons. The number of carbonyl (C=O) groups is 2. The number of aromatic nitrogens is 2. The number of nitrogens with zero attached hydrogens (tertiary/aromatic N) is 2. The fourth-order valence-corrected chi connectivity index (χ4v) is 4.19. The zero-order valence-corrected chi connectivity index (χ0v) is 20.3. The smallest absolute Gasteiger partial charge is 0.254 e. The molecule has 4 rings (SSSR count). The Hall–Kier alpha value is -3.25. The maximum absolute atomic E-state index is 14.7. The van der Waals surface area contributed by atoms with Crippen molar-refractivity contribution in [3.8, 4) is 17.0 Å². The van der Waals surface area contributed by atoms with E-state index in [1.807, 2.05) is 6.92 Å². The lowest BCUT2D eigenvalue weighted by Crippen LogP contribution is -2.57. The minimum atomic E-state index is -1.66. The van der Waals surface area contributed by atoms with Crippen LogP contribution in [0.4, 0.5) is 4.39 Å². The highest BCUT2D eigenvalue weighted by Crippen LogP contribution is 2.33. The average molecular weight is 516 g/mol. The molecule has 9 nitrogen and oxygen atoms in total. The molecule has 1 aliphatic rings. The SMILES string of the molecule is C[C@@H](Oc1ccc(C(=O)C2CC2)nc1)c1cc(-c2ccc(C(=O)NC(CO)(CO)CO)c(F)c2)ns1. The molecule has 1 aliphatic carbocycles. The van der Waals surface area contributed by atoms with E-state index in [9.17, 15) is 29.3 Å². The van der Waals surface area contributed by atoms with E-state index in [1.165, 1.54) is 29.9 Å². The lowest BCUT2D eigenvalue weighted by molar-refractivity contribution is 0.0373. The first-order chi connectivity index (χ1) is 17.3. The van der Waals surface area contributed by atoms with Crippen molar-refractivity contribution in [1.29, 1.82) is 0 Å². The number of Topliss-reactive ketones (excluding diaryl/α,β-unsaturated/α-hetero) is 1. The van der Waals surface area contributed by atoms with Gasteiger partial charge in [0.25, 0.3) is 5.91 Å². The van der Waals surface area contributed by atoms with E-state index in [0.717, 1.165) is 23.8 Å². The second-order valence-corrected chi connectivity index (χ2v) is 9.63. The van der Waals surface area contributed by atoms with Crippen LogP contribution >= 0.6 is 11.5 Å². The van der Waals surface area contributed by atoms with Crippen LogP contribution in [0.15, 0.2) is 42.6 Å². The van der Waals surface area contributed by atoms with Crippen molar-refractivity contribution in [1.82, 2.24) is 14.7 Å². The highest BCUT2D eigenvalue weighted by atomic mass is 32.1. The zero-order chi connectivity index (χ0) is 25.9. The second-order valence-electron chi connectivity index (χ2n) is 8.80. The van der Waals surface area contributed by atoms with E-state index in [2.05, 4.69) is 14.7 Å². The second kappa shape index (κ2) is 10.8. The molecule has 0 spiro atoms. The van der Waals surface area contributed by atoms with Gasteiger partial charge in [0.1, 0.15) is 28.9 Å². The van der Waals surface area contributed by atoms with Crippen LogP contribution in [0.5, 0.6) is 5.75 Å². The molecular formula is C25H26FN3O6S. The van der Waals surface area contributed by atoms with Crippen LogP contribution in [-0.2, 0) is 0 Å². The molecule has 0 saturated heterocycles. The molecule has 0 radical (unpaired) electrons. The minimum absolute atomic E-state index is 0.0620. The minimum Gasteiger partial charge on any atom is -0.484 e. The van der Waals surface area contributed by atoms with Crippen molar-refractivity contribution in [2.45, 2.75) is 31.4 Å². The van der Waals surface area contributed by atoms with Gasteiger partial charge >= 0.3 is 0 Å². The Bertz CT molecular complexity index is 1230. The van der Waals surface area contributed by atoms with Crippen molar-refractivity contribution in [3.05, 3.63) is 64.5 Å². The van der Waals surface area contributed by atoms with Crippen LogP contribution in [0.2, 0.25) is 0 Å². The fraction of sp³-hybridized carbons (Fsp3) is 0.360. The van der Waals surface area contributed by atoms with Crippen molar-refractivity contribution in [2.24, 2.45) is 5.92 Å². The molecule has 1 fully saturated rings. The van der Waals surface area contributed by atoms with E-state index >= 15 is 0 Å². The van der Waals surface area contributed by atoms with Gasteiger partial charge in [0, 0.05) is 11.5 Å². The van der Waals surface area contributed by atoms with E-state index in [1.54, 1.807) is 18.2 Å². The Kier molecular flexibility index (Phi) is 7.74. The van der Waals surface area contributed by atoms with Crippen LogP contribution in [-0.4, -0.2) is 61.7 Å². The van der Waals surface area contributed by atoms with Gasteiger partial charge in [0.2, 0.25) is 0 Å². The third-order valence-corrected chi connectivity index (χ3v) is 6.92. The van der Waals surface area contributed by atoms with Gasteiger partial charge in [-0.15, -0.1) is 0 Å². The van der Waals surface area contributed by atoms with Gasteiger partial charge in [-0.1, -0.05) is 6.07 Å². The summed E-state index contributed by atoms with van der Waals surface area (Å²) >= 11 is 1.19. The number of aliphatic hydroxyl groups excluding tert-OH is 3. The van der Waals surface area contributed by atoms with Gasteiger partial charge in [-0.2, -0.15) is 4.37 Å². The van der Waals surface area contributed by atoms with Crippen LogP contribution in [0.1, 0.15) is 51.6 Å². The molecule has 1 aromatic carbocycles. The number of rotatable bonds is 11. The molecule has 1 amide bonds. The normalized spacial score (nSPS) is 14.4. The van der Waals surface area contributed by atoms with Crippen molar-refractivity contribution in [3.63, 3.8) is 0 Å². The monoisotopic (exact) mass is 515 g/mol. The van der Waals surface area contributed by atoms with Gasteiger partial charge in [0.05, 0.1) is 42.2 Å². The Morgan fingerprint density at radius 3 is 2.47 bits per heavy atom. The maximum atomic E-state index is 14.7. The zero-order valence-electron chi connectivity index (χ0n) is 19.5. The van der Waals surface area contributed by atoms with E-state index in [4.69, 9.17) is 4.74 Å². The average Bonchev–Trinajstić information content (AvgIpc) is 3.62. The number of hydrogen-bond donors (Lipinski definition) is 4. The molecule has 1 saturated carbocycles. The molecule has 4 N–H and O–H groups in total.